The van der Waals surface area contributed by atoms with Crippen molar-refractivity contribution in [1.29, 1.82) is 0 Å². The van der Waals surface area contributed by atoms with Gasteiger partial charge in [-0.3, -0.25) is 4.79 Å². The Labute approximate surface area is 166 Å². The van der Waals surface area contributed by atoms with Crippen LogP contribution in [0.2, 0.25) is 0 Å². The van der Waals surface area contributed by atoms with Gasteiger partial charge < -0.3 is 20.9 Å². The van der Waals surface area contributed by atoms with E-state index in [2.05, 4.69) is 32.9 Å². The Hall–Kier alpha value is -3.94. The molecule has 1 amide bonds. The van der Waals surface area contributed by atoms with Gasteiger partial charge in [0.15, 0.2) is 5.82 Å². The predicted molar refractivity (Wildman–Crippen MR) is 110 cm³/mol. The first-order valence-corrected chi connectivity index (χ1v) is 9.32. The number of rotatable bonds is 5. The molecular formula is C21H18N6O2. The van der Waals surface area contributed by atoms with Crippen LogP contribution in [0.25, 0.3) is 22.5 Å². The molecule has 8 heteroatoms. The van der Waals surface area contributed by atoms with E-state index >= 15 is 0 Å². The first kappa shape index (κ1) is 17.2. The largest absolute Gasteiger partial charge is 0.380 e. The van der Waals surface area contributed by atoms with Crippen LogP contribution in [-0.2, 0) is 13.0 Å². The smallest absolute Gasteiger partial charge is 0.251 e. The van der Waals surface area contributed by atoms with Crippen LogP contribution in [0.15, 0.2) is 53.1 Å². The lowest BCUT2D eigenvalue weighted by Gasteiger charge is -2.11. The molecule has 29 heavy (non-hydrogen) atoms. The number of primary amides is 1. The molecule has 4 N–H and O–H groups in total. The second kappa shape index (κ2) is 6.90. The highest BCUT2D eigenvalue weighted by atomic mass is 16.5. The first-order valence-electron chi connectivity index (χ1n) is 9.32. The maximum atomic E-state index is 11.7. The fourth-order valence-electron chi connectivity index (χ4n) is 3.52. The maximum absolute atomic E-state index is 11.7. The van der Waals surface area contributed by atoms with Crippen molar-refractivity contribution in [3.63, 3.8) is 0 Å². The second-order valence-electron chi connectivity index (χ2n) is 6.81. The fraction of sp³-hybridized carbons (Fsp3) is 0.143. The van der Waals surface area contributed by atoms with Crippen LogP contribution in [0.1, 0.15) is 21.6 Å². The summed E-state index contributed by atoms with van der Waals surface area (Å²) in [5.74, 6) is 0.995. The lowest BCUT2D eigenvalue weighted by Crippen LogP contribution is -2.11. The number of amides is 1. The quantitative estimate of drug-likeness (QED) is 0.482. The van der Waals surface area contributed by atoms with E-state index in [9.17, 15) is 4.79 Å². The van der Waals surface area contributed by atoms with Crippen molar-refractivity contribution in [1.82, 2.24) is 15.1 Å². The SMILES string of the molecule is NC(=O)c1cccc2c(-c3nc4c(c(NCc5ccccc5)n3)NCC4)onc12. The van der Waals surface area contributed by atoms with Crippen LogP contribution in [0, 0.1) is 0 Å². The van der Waals surface area contributed by atoms with Crippen LogP contribution in [-0.4, -0.2) is 27.6 Å². The van der Waals surface area contributed by atoms with Crippen LogP contribution < -0.4 is 16.4 Å². The van der Waals surface area contributed by atoms with Crippen molar-refractivity contribution in [2.45, 2.75) is 13.0 Å². The van der Waals surface area contributed by atoms with Gasteiger partial charge in [0.25, 0.3) is 5.91 Å². The van der Waals surface area contributed by atoms with Crippen LogP contribution in [0.4, 0.5) is 11.5 Å². The number of anilines is 2. The molecule has 0 bridgehead atoms. The first-order chi connectivity index (χ1) is 14.2. The molecule has 2 aromatic carbocycles. The number of nitrogens with two attached hydrogens (primary N) is 1. The molecule has 1 aliphatic rings. The molecular weight excluding hydrogens is 368 g/mol. The summed E-state index contributed by atoms with van der Waals surface area (Å²) in [7, 11) is 0. The van der Waals surface area contributed by atoms with Crippen molar-refractivity contribution in [2.75, 3.05) is 17.2 Å². The molecule has 4 aromatic rings. The Balaban J connectivity index is 1.57. The summed E-state index contributed by atoms with van der Waals surface area (Å²) in [6, 6.07) is 15.3. The molecule has 0 saturated carbocycles. The van der Waals surface area contributed by atoms with Gasteiger partial charge in [-0.15, -0.1) is 0 Å². The number of hydrogen-bond donors (Lipinski definition) is 3. The van der Waals surface area contributed by atoms with Gasteiger partial charge in [-0.2, -0.15) is 0 Å². The third-order valence-electron chi connectivity index (χ3n) is 4.93. The van der Waals surface area contributed by atoms with Gasteiger partial charge in [0.1, 0.15) is 5.52 Å². The number of benzene rings is 2. The minimum absolute atomic E-state index is 0.308. The Morgan fingerprint density at radius 2 is 2.00 bits per heavy atom. The van der Waals surface area contributed by atoms with E-state index in [1.54, 1.807) is 12.1 Å². The normalized spacial score (nSPS) is 12.6. The summed E-state index contributed by atoms with van der Waals surface area (Å²) < 4.78 is 5.54. The molecule has 0 spiro atoms. The standard InChI is InChI=1S/C21H18N6O2/c22-19(28)14-8-4-7-13-16(14)27-29-18(13)21-25-15-9-10-23-17(15)20(26-21)24-11-12-5-2-1-3-6-12/h1-8,23H,9-11H2,(H2,22,28)(H,24,25,26). The molecule has 0 fully saturated rings. The highest BCUT2D eigenvalue weighted by Gasteiger charge is 2.23. The van der Waals surface area contributed by atoms with Crippen LogP contribution >= 0.6 is 0 Å². The van der Waals surface area contributed by atoms with Gasteiger partial charge >= 0.3 is 0 Å². The van der Waals surface area contributed by atoms with E-state index in [0.29, 0.717) is 40.4 Å². The number of carbonyl (C=O) groups is 1. The minimum atomic E-state index is -0.556. The molecule has 0 saturated heterocycles. The van der Waals surface area contributed by atoms with Crippen molar-refractivity contribution in [2.24, 2.45) is 5.73 Å². The number of nitrogens with zero attached hydrogens (tertiary/aromatic N) is 3. The van der Waals surface area contributed by atoms with Gasteiger partial charge in [0.2, 0.25) is 11.6 Å². The van der Waals surface area contributed by atoms with E-state index in [-0.39, 0.29) is 0 Å². The monoisotopic (exact) mass is 386 g/mol. The van der Waals surface area contributed by atoms with E-state index in [1.165, 1.54) is 0 Å². The van der Waals surface area contributed by atoms with Crippen molar-refractivity contribution in [3.8, 4) is 11.6 Å². The molecule has 144 valence electrons. The summed E-state index contributed by atoms with van der Waals surface area (Å²) in [6.07, 6.45) is 0.795. The number of aromatic nitrogens is 3. The zero-order valence-electron chi connectivity index (χ0n) is 15.5. The van der Waals surface area contributed by atoms with Crippen molar-refractivity contribution in [3.05, 3.63) is 65.4 Å². The predicted octanol–water partition coefficient (Wildman–Crippen LogP) is 2.96. The highest BCUT2D eigenvalue weighted by molar-refractivity contribution is 6.07. The fourth-order valence-corrected chi connectivity index (χ4v) is 3.52. The summed E-state index contributed by atoms with van der Waals surface area (Å²) in [5.41, 5.74) is 9.15. The summed E-state index contributed by atoms with van der Waals surface area (Å²) in [5, 5.41) is 11.4. The molecule has 0 atom stereocenters. The molecule has 0 radical (unpaired) electrons. The molecule has 5 rings (SSSR count). The minimum Gasteiger partial charge on any atom is -0.380 e. The zero-order valence-corrected chi connectivity index (χ0v) is 15.5. The van der Waals surface area contributed by atoms with E-state index in [0.717, 1.165) is 29.9 Å². The second-order valence-corrected chi connectivity index (χ2v) is 6.81. The number of nitrogens with one attached hydrogen (secondary N) is 2. The van der Waals surface area contributed by atoms with Crippen molar-refractivity contribution >= 4 is 28.3 Å². The van der Waals surface area contributed by atoms with Gasteiger partial charge in [0, 0.05) is 19.5 Å². The third kappa shape index (κ3) is 3.04. The number of fused-ring (bicyclic) bond motifs is 2. The van der Waals surface area contributed by atoms with Gasteiger partial charge in [-0.1, -0.05) is 41.6 Å². The Bertz CT molecular complexity index is 1220. The number of carbonyl (C=O) groups excluding carboxylic acids is 1. The Kier molecular flexibility index (Phi) is 4.09. The Morgan fingerprint density at radius 3 is 2.83 bits per heavy atom. The van der Waals surface area contributed by atoms with Gasteiger partial charge in [-0.05, 0) is 17.7 Å². The summed E-state index contributed by atoms with van der Waals surface area (Å²) in [4.78, 5) is 21.0. The molecule has 2 aromatic heterocycles. The van der Waals surface area contributed by atoms with Crippen molar-refractivity contribution < 1.29 is 9.32 Å². The van der Waals surface area contributed by atoms with E-state index < -0.39 is 5.91 Å². The lowest BCUT2D eigenvalue weighted by atomic mass is 10.1. The van der Waals surface area contributed by atoms with E-state index in [4.69, 9.17) is 15.2 Å². The van der Waals surface area contributed by atoms with Gasteiger partial charge in [-0.25, -0.2) is 9.97 Å². The van der Waals surface area contributed by atoms with Gasteiger partial charge in [0.05, 0.1) is 22.3 Å². The molecule has 0 unspecified atom stereocenters. The third-order valence-corrected chi connectivity index (χ3v) is 4.93. The maximum Gasteiger partial charge on any atom is 0.251 e. The summed E-state index contributed by atoms with van der Waals surface area (Å²) in [6.45, 7) is 1.44. The molecule has 0 aliphatic carbocycles. The Morgan fingerprint density at radius 1 is 1.14 bits per heavy atom. The average Bonchev–Trinajstić information content (AvgIpc) is 3.39. The summed E-state index contributed by atoms with van der Waals surface area (Å²) >= 11 is 0. The highest BCUT2D eigenvalue weighted by Crippen LogP contribution is 2.34. The zero-order chi connectivity index (χ0) is 19.8. The molecule has 1 aliphatic heterocycles. The average molecular weight is 386 g/mol. The molecule has 3 heterocycles. The molecule has 8 nitrogen and oxygen atoms in total. The lowest BCUT2D eigenvalue weighted by molar-refractivity contribution is 0.100. The topological polar surface area (TPSA) is 119 Å². The van der Waals surface area contributed by atoms with Crippen LogP contribution in [0.3, 0.4) is 0 Å². The van der Waals surface area contributed by atoms with Crippen LogP contribution in [0.5, 0.6) is 0 Å². The number of hydrogen-bond acceptors (Lipinski definition) is 7. The van der Waals surface area contributed by atoms with E-state index in [1.807, 2.05) is 24.3 Å².